The number of ketones is 2. The molecule has 0 spiro atoms. The highest BCUT2D eigenvalue weighted by Crippen LogP contribution is 2.47. The number of esters is 1. The molecule has 6 rings (SSSR count). The molecule has 2 aromatic rings. The smallest absolute Gasteiger partial charge is 0.314 e. The molecule has 4 aliphatic rings. The van der Waals surface area contributed by atoms with Crippen molar-refractivity contribution in [3.8, 4) is 11.5 Å². The van der Waals surface area contributed by atoms with Crippen LogP contribution in [0.3, 0.4) is 0 Å². The Morgan fingerprint density at radius 1 is 0.775 bits per heavy atom. The van der Waals surface area contributed by atoms with Crippen LogP contribution in [0.25, 0.3) is 6.08 Å². The lowest BCUT2D eigenvalue weighted by atomic mass is 9.75. The maximum Gasteiger partial charge on any atom is 0.314 e. The highest BCUT2D eigenvalue weighted by Gasteiger charge is 2.49. The van der Waals surface area contributed by atoms with Crippen LogP contribution in [0.5, 0.6) is 11.5 Å². The van der Waals surface area contributed by atoms with E-state index in [1.807, 2.05) is 0 Å². The van der Waals surface area contributed by atoms with Crippen molar-refractivity contribution >= 4 is 55.5 Å². The molecular formula is C30H28Br2F2O6. The molecular weight excluding hydrogens is 654 g/mol. The van der Waals surface area contributed by atoms with Gasteiger partial charge in [0.15, 0.2) is 11.6 Å². The third kappa shape index (κ3) is 5.49. The van der Waals surface area contributed by atoms with Gasteiger partial charge < -0.3 is 14.2 Å². The van der Waals surface area contributed by atoms with E-state index < -0.39 is 17.6 Å². The zero-order chi connectivity index (χ0) is 28.7. The van der Waals surface area contributed by atoms with E-state index in [1.165, 1.54) is 26.4 Å². The zero-order valence-electron chi connectivity index (χ0n) is 22.0. The SMILES string of the molecule is COc1cc(Br)cc(F)c1C1C(=O)C2CCC(C2)C1=O.COc1cc(Br)cc(F)c1C=C1OC(=O)C2CCC1C2. The molecule has 0 amide bonds. The molecule has 212 valence electrons. The third-order valence-electron chi connectivity index (χ3n) is 8.32. The Morgan fingerprint density at radius 2 is 1.30 bits per heavy atom. The van der Waals surface area contributed by atoms with E-state index in [4.69, 9.17) is 14.2 Å². The first-order valence-corrected chi connectivity index (χ1v) is 14.8. The van der Waals surface area contributed by atoms with E-state index in [9.17, 15) is 23.2 Å². The zero-order valence-corrected chi connectivity index (χ0v) is 25.1. The summed E-state index contributed by atoms with van der Waals surface area (Å²) < 4.78 is 45.2. The number of carbonyl (C=O) groups excluding carboxylic acids is 3. The van der Waals surface area contributed by atoms with Crippen molar-refractivity contribution in [2.75, 3.05) is 14.2 Å². The monoisotopic (exact) mass is 680 g/mol. The standard InChI is InChI=1S/2C15H14BrFO3/c1-19-14-6-10(16)5-12(17)11(14)7-13-8-2-3-9(4-8)15(18)20-13;1-20-11-6-9(16)5-10(17)12(11)13-14(18)7-2-3-8(4-7)15(13)19/h5-9H,2-4H2,1H3;5-8,13H,2-4H2,1H3. The number of hydrogen-bond acceptors (Lipinski definition) is 6. The Morgan fingerprint density at radius 3 is 1.93 bits per heavy atom. The van der Waals surface area contributed by atoms with Gasteiger partial charge in [-0.15, -0.1) is 0 Å². The molecule has 1 aliphatic heterocycles. The average Bonchev–Trinajstić information content (AvgIpc) is 3.56. The summed E-state index contributed by atoms with van der Waals surface area (Å²) in [6.07, 6.45) is 6.31. The second-order valence-corrected chi connectivity index (χ2v) is 12.5. The van der Waals surface area contributed by atoms with Crippen LogP contribution in [0.4, 0.5) is 8.78 Å². The average molecular weight is 682 g/mol. The maximum absolute atomic E-state index is 14.3. The lowest BCUT2D eigenvalue weighted by Gasteiger charge is -2.27. The fourth-order valence-electron chi connectivity index (χ4n) is 6.30. The summed E-state index contributed by atoms with van der Waals surface area (Å²) in [7, 11) is 2.90. The maximum atomic E-state index is 14.3. The van der Waals surface area contributed by atoms with Crippen LogP contribution < -0.4 is 9.47 Å². The molecule has 0 aromatic heterocycles. The summed E-state index contributed by atoms with van der Waals surface area (Å²) in [5.74, 6) is -1.19. The summed E-state index contributed by atoms with van der Waals surface area (Å²) in [5.41, 5.74) is 0.422. The van der Waals surface area contributed by atoms with Gasteiger partial charge in [0.1, 0.15) is 34.8 Å². The van der Waals surface area contributed by atoms with Crippen LogP contribution in [0.2, 0.25) is 0 Å². The number of fused-ring (bicyclic) bond motifs is 4. The van der Waals surface area contributed by atoms with Crippen molar-refractivity contribution in [1.82, 2.24) is 0 Å². The number of ether oxygens (including phenoxy) is 3. The second kappa shape index (κ2) is 11.7. The first-order valence-electron chi connectivity index (χ1n) is 13.2. The number of benzene rings is 2. The van der Waals surface area contributed by atoms with Crippen molar-refractivity contribution in [2.45, 2.75) is 44.4 Å². The molecule has 2 aromatic carbocycles. The Hall–Kier alpha value is -2.59. The first-order chi connectivity index (χ1) is 19.1. The van der Waals surface area contributed by atoms with Gasteiger partial charge in [-0.3, -0.25) is 14.4 Å². The molecule has 4 bridgehead atoms. The number of carbonyl (C=O) groups is 3. The van der Waals surface area contributed by atoms with Gasteiger partial charge >= 0.3 is 5.97 Å². The second-order valence-electron chi connectivity index (χ2n) is 10.6. The molecule has 0 radical (unpaired) electrons. The minimum atomic E-state index is -0.996. The summed E-state index contributed by atoms with van der Waals surface area (Å²) in [6.45, 7) is 0. The number of Topliss-reactive ketones (excluding diaryl/α,β-unsaturated/α-hetero) is 2. The minimum Gasteiger partial charge on any atom is -0.496 e. The molecule has 10 heteroatoms. The highest BCUT2D eigenvalue weighted by molar-refractivity contribution is 9.10. The van der Waals surface area contributed by atoms with E-state index in [2.05, 4.69) is 31.9 Å². The van der Waals surface area contributed by atoms with Crippen LogP contribution in [-0.2, 0) is 19.1 Å². The topological polar surface area (TPSA) is 78.9 Å². The van der Waals surface area contributed by atoms with Gasteiger partial charge in [0.25, 0.3) is 0 Å². The molecule has 0 N–H and O–H groups in total. The minimum absolute atomic E-state index is 0.0220. The van der Waals surface area contributed by atoms with Gasteiger partial charge in [-0.1, -0.05) is 31.9 Å². The van der Waals surface area contributed by atoms with Crippen LogP contribution in [0.15, 0.2) is 39.0 Å². The normalized spacial score (nSPS) is 27.8. The van der Waals surface area contributed by atoms with Crippen molar-refractivity contribution in [2.24, 2.45) is 23.7 Å². The van der Waals surface area contributed by atoms with Crippen LogP contribution in [-0.4, -0.2) is 31.8 Å². The van der Waals surface area contributed by atoms with Gasteiger partial charge in [-0.05, 0) is 68.9 Å². The highest BCUT2D eigenvalue weighted by atomic mass is 79.9. The molecule has 4 atom stereocenters. The molecule has 40 heavy (non-hydrogen) atoms. The Bertz CT molecular complexity index is 1390. The molecule has 4 unspecified atom stereocenters. The van der Waals surface area contributed by atoms with Crippen molar-refractivity contribution < 1.29 is 37.4 Å². The fourth-order valence-corrected chi connectivity index (χ4v) is 7.12. The number of hydrogen-bond donors (Lipinski definition) is 0. The van der Waals surface area contributed by atoms with Gasteiger partial charge in [-0.25, -0.2) is 8.78 Å². The van der Waals surface area contributed by atoms with E-state index in [1.54, 1.807) is 18.2 Å². The quantitative estimate of drug-likeness (QED) is 0.252. The first kappa shape index (κ1) is 28.9. The molecule has 4 fully saturated rings. The van der Waals surface area contributed by atoms with Crippen molar-refractivity contribution in [3.05, 3.63) is 61.7 Å². The molecule has 3 saturated carbocycles. The number of methoxy groups -OCH3 is 2. The van der Waals surface area contributed by atoms with Gasteiger partial charge in [0.05, 0.1) is 25.7 Å². The van der Waals surface area contributed by atoms with Gasteiger partial charge in [0, 0.05) is 32.3 Å². The number of cyclic esters (lactones) is 1. The van der Waals surface area contributed by atoms with Gasteiger partial charge in [0.2, 0.25) is 0 Å². The predicted octanol–water partition coefficient (Wildman–Crippen LogP) is 7.16. The summed E-state index contributed by atoms with van der Waals surface area (Å²) in [4.78, 5) is 36.6. The third-order valence-corrected chi connectivity index (χ3v) is 9.24. The fraction of sp³-hybridized carbons (Fsp3) is 0.433. The van der Waals surface area contributed by atoms with Crippen molar-refractivity contribution in [1.29, 1.82) is 0 Å². The van der Waals surface area contributed by atoms with Gasteiger partial charge in [-0.2, -0.15) is 0 Å². The molecule has 1 heterocycles. The number of halogens is 4. The summed E-state index contributed by atoms with van der Waals surface area (Å²) in [5, 5.41) is 0. The summed E-state index contributed by atoms with van der Waals surface area (Å²) >= 11 is 6.42. The molecule has 6 nitrogen and oxygen atoms in total. The largest absolute Gasteiger partial charge is 0.496 e. The molecule has 1 saturated heterocycles. The Kier molecular flexibility index (Phi) is 8.47. The Labute approximate surface area is 247 Å². The number of allylic oxidation sites excluding steroid dienone is 1. The van der Waals surface area contributed by atoms with Crippen molar-refractivity contribution in [3.63, 3.8) is 0 Å². The van der Waals surface area contributed by atoms with E-state index in [-0.39, 0.29) is 52.5 Å². The van der Waals surface area contributed by atoms with E-state index >= 15 is 0 Å². The van der Waals surface area contributed by atoms with Crippen LogP contribution in [0, 0.1) is 35.3 Å². The molecule has 3 aliphatic carbocycles. The Balaban J connectivity index is 0.000000161. The summed E-state index contributed by atoms with van der Waals surface area (Å²) in [6, 6.07) is 5.93. The lowest BCUT2D eigenvalue weighted by molar-refractivity contribution is -0.146. The number of rotatable bonds is 4. The van der Waals surface area contributed by atoms with E-state index in [0.29, 0.717) is 32.4 Å². The van der Waals surface area contributed by atoms with E-state index in [0.717, 1.165) is 32.1 Å². The predicted molar refractivity (Wildman–Crippen MR) is 150 cm³/mol. The van der Waals surface area contributed by atoms with Crippen LogP contribution in [0.1, 0.15) is 55.6 Å². The lowest BCUT2D eigenvalue weighted by Crippen LogP contribution is -2.35. The van der Waals surface area contributed by atoms with Crippen LogP contribution >= 0.6 is 31.9 Å².